The van der Waals surface area contributed by atoms with Gasteiger partial charge in [0.25, 0.3) is 6.71 Å². The SMILES string of the molecule is Cc1cc2c3c(c1)N(c1ccc(C(C)(C)C)cc1)c1sc4c(c1B3c1cc(C(C)(C)C)ccc1N2c1ccc(C(C)(C)C)cc1)C(C)(C)c1cc2c(cc1-4)C(C)(C)CC2(C)C. The lowest BCUT2D eigenvalue weighted by Gasteiger charge is -2.44. The van der Waals surface area contributed by atoms with Gasteiger partial charge in [0.05, 0.1) is 5.00 Å². The van der Waals surface area contributed by atoms with Gasteiger partial charge in [-0.2, -0.15) is 0 Å². The number of nitrogens with zero attached hydrogens (tertiary/aromatic N) is 2. The topological polar surface area (TPSA) is 6.48 Å². The molecule has 1 aromatic heterocycles. The Balaban J connectivity index is 1.31. The molecule has 312 valence electrons. The molecule has 0 N–H and O–H groups in total. The Morgan fingerprint density at radius 1 is 0.525 bits per heavy atom. The van der Waals surface area contributed by atoms with Crippen LogP contribution < -0.4 is 26.2 Å². The molecule has 0 saturated carbocycles. The third-order valence-electron chi connectivity index (χ3n) is 14.9. The molecule has 61 heavy (non-hydrogen) atoms. The van der Waals surface area contributed by atoms with Gasteiger partial charge in [0.1, 0.15) is 0 Å². The Bertz CT molecular complexity index is 2810. The predicted octanol–water partition coefficient (Wildman–Crippen LogP) is 14.3. The van der Waals surface area contributed by atoms with Crippen molar-refractivity contribution in [2.75, 3.05) is 9.80 Å². The lowest BCUT2D eigenvalue weighted by Crippen LogP contribution is -2.62. The summed E-state index contributed by atoms with van der Waals surface area (Å²) in [5.74, 6) is 0. The van der Waals surface area contributed by atoms with Gasteiger partial charge >= 0.3 is 0 Å². The van der Waals surface area contributed by atoms with Crippen molar-refractivity contribution in [1.29, 1.82) is 0 Å². The molecule has 0 saturated heterocycles. The van der Waals surface area contributed by atoms with Gasteiger partial charge in [-0.1, -0.05) is 146 Å². The third-order valence-corrected chi connectivity index (χ3v) is 16.2. The highest BCUT2D eigenvalue weighted by atomic mass is 32.1. The molecule has 0 fully saturated rings. The van der Waals surface area contributed by atoms with Crippen molar-refractivity contribution < 1.29 is 0 Å². The molecule has 0 spiro atoms. The fraction of sp³-hybridized carbons (Fsp3) is 0.404. The van der Waals surface area contributed by atoms with Crippen LogP contribution in [-0.4, -0.2) is 6.71 Å². The van der Waals surface area contributed by atoms with E-state index in [4.69, 9.17) is 0 Å². The van der Waals surface area contributed by atoms with E-state index in [1.54, 1.807) is 5.56 Å². The normalized spacial score (nSPS) is 17.7. The minimum atomic E-state index is -0.182. The van der Waals surface area contributed by atoms with E-state index in [1.165, 1.54) is 106 Å². The number of hydrogen-bond acceptors (Lipinski definition) is 3. The molecule has 0 amide bonds. The van der Waals surface area contributed by atoms with Gasteiger partial charge in [-0.15, -0.1) is 11.3 Å². The van der Waals surface area contributed by atoms with E-state index in [9.17, 15) is 0 Å². The van der Waals surface area contributed by atoms with E-state index in [0.29, 0.717) is 0 Å². The first-order valence-electron chi connectivity index (χ1n) is 22.8. The van der Waals surface area contributed by atoms with Gasteiger partial charge in [0, 0.05) is 38.7 Å². The Labute approximate surface area is 371 Å². The highest BCUT2D eigenvalue weighted by molar-refractivity contribution is 7.23. The number of hydrogen-bond donors (Lipinski definition) is 0. The fourth-order valence-corrected chi connectivity index (χ4v) is 13.4. The van der Waals surface area contributed by atoms with Gasteiger partial charge in [0.2, 0.25) is 0 Å². The monoisotopic (exact) mass is 820 g/mol. The van der Waals surface area contributed by atoms with Gasteiger partial charge < -0.3 is 9.80 Å². The minimum absolute atomic E-state index is 0.00476. The lowest BCUT2D eigenvalue weighted by molar-refractivity contribution is 0.403. The van der Waals surface area contributed by atoms with E-state index >= 15 is 0 Å². The van der Waals surface area contributed by atoms with Crippen molar-refractivity contribution in [3.05, 3.63) is 136 Å². The number of thiophene rings is 1. The first-order chi connectivity index (χ1) is 28.3. The van der Waals surface area contributed by atoms with Crippen LogP contribution in [0.15, 0.2) is 91.0 Å². The molecule has 2 nitrogen and oxygen atoms in total. The maximum atomic E-state index is 2.66. The van der Waals surface area contributed by atoms with E-state index in [-0.39, 0.29) is 39.2 Å². The van der Waals surface area contributed by atoms with Crippen LogP contribution in [0.25, 0.3) is 10.4 Å². The molecule has 2 aliphatic carbocycles. The molecular formula is C57H65BN2S. The molecule has 6 aromatic rings. The summed E-state index contributed by atoms with van der Waals surface area (Å²) >= 11 is 2.04. The summed E-state index contributed by atoms with van der Waals surface area (Å²) in [4.78, 5) is 6.70. The quantitative estimate of drug-likeness (QED) is 0.160. The Morgan fingerprint density at radius 3 is 1.56 bits per heavy atom. The molecule has 2 aliphatic heterocycles. The van der Waals surface area contributed by atoms with Crippen molar-refractivity contribution in [1.82, 2.24) is 0 Å². The average Bonchev–Trinajstić information content (AvgIpc) is 3.72. The first-order valence-corrected chi connectivity index (χ1v) is 23.6. The molecule has 4 aliphatic rings. The molecule has 3 heterocycles. The second-order valence-electron chi connectivity index (χ2n) is 24.0. The Kier molecular flexibility index (Phi) is 8.34. The summed E-state index contributed by atoms with van der Waals surface area (Å²) < 4.78 is 0. The van der Waals surface area contributed by atoms with Crippen LogP contribution in [0.4, 0.5) is 33.4 Å². The first kappa shape index (κ1) is 40.5. The van der Waals surface area contributed by atoms with E-state index in [0.717, 1.165) is 0 Å². The van der Waals surface area contributed by atoms with Crippen LogP contribution in [-0.2, 0) is 32.5 Å². The zero-order valence-corrected chi connectivity index (χ0v) is 40.6. The second kappa shape index (κ2) is 12.6. The lowest BCUT2D eigenvalue weighted by atomic mass is 9.32. The number of benzene rings is 5. The van der Waals surface area contributed by atoms with Crippen molar-refractivity contribution in [2.24, 2.45) is 0 Å². The van der Waals surface area contributed by atoms with Gasteiger partial charge in [-0.05, 0) is 155 Å². The van der Waals surface area contributed by atoms with Crippen LogP contribution >= 0.6 is 11.3 Å². The summed E-state index contributed by atoms with van der Waals surface area (Å²) in [5.41, 5.74) is 23.7. The Hall–Kier alpha value is -4.54. The van der Waals surface area contributed by atoms with Gasteiger partial charge in [0.15, 0.2) is 0 Å². The smallest absolute Gasteiger partial charge is 0.253 e. The molecular weight excluding hydrogens is 756 g/mol. The van der Waals surface area contributed by atoms with Crippen LogP contribution in [0.3, 0.4) is 0 Å². The largest absolute Gasteiger partial charge is 0.311 e. The zero-order valence-electron chi connectivity index (χ0n) is 39.7. The van der Waals surface area contributed by atoms with Crippen LogP contribution in [0.5, 0.6) is 0 Å². The summed E-state index contributed by atoms with van der Waals surface area (Å²) in [7, 11) is 0. The van der Waals surface area contributed by atoms with Crippen molar-refractivity contribution in [3.8, 4) is 10.4 Å². The second-order valence-corrected chi connectivity index (χ2v) is 25.0. The summed E-state index contributed by atoms with van der Waals surface area (Å²) in [5, 5.41) is 1.37. The van der Waals surface area contributed by atoms with Crippen molar-refractivity contribution in [3.63, 3.8) is 0 Å². The summed E-state index contributed by atoms with van der Waals surface area (Å²) in [6.45, 7) is 38.2. The van der Waals surface area contributed by atoms with E-state index in [1.807, 2.05) is 11.3 Å². The molecule has 4 heteroatoms. The highest BCUT2D eigenvalue weighted by Gasteiger charge is 2.52. The highest BCUT2D eigenvalue weighted by Crippen LogP contribution is 2.60. The van der Waals surface area contributed by atoms with Crippen LogP contribution in [0.1, 0.15) is 155 Å². The van der Waals surface area contributed by atoms with Crippen molar-refractivity contribution >= 4 is 67.9 Å². The van der Waals surface area contributed by atoms with Gasteiger partial charge in [-0.3, -0.25) is 0 Å². The van der Waals surface area contributed by atoms with Crippen LogP contribution in [0, 0.1) is 6.92 Å². The van der Waals surface area contributed by atoms with E-state index < -0.39 is 0 Å². The molecule has 0 atom stereocenters. The zero-order chi connectivity index (χ0) is 43.7. The molecule has 10 rings (SSSR count). The minimum Gasteiger partial charge on any atom is -0.311 e. The standard InChI is InChI=1S/C57H65BN2S/c1-33-27-45-48-46(28-33)60(38-24-19-35(20-25-38)53(5,6)7)51-49(47-50(61-51)39-30-41-42(31-40(39)57(47,15)16)56(13,14)32-55(41,11)12)58(48)43-29-36(54(8,9)10)21-26-44(43)59(45)37-22-17-34(18-23-37)52(2,3)4/h17-31H,32H2,1-16H3. The van der Waals surface area contributed by atoms with E-state index in [2.05, 4.69) is 212 Å². The molecule has 0 bridgehead atoms. The molecule has 5 aromatic carbocycles. The van der Waals surface area contributed by atoms with Crippen LogP contribution in [0.2, 0.25) is 0 Å². The maximum Gasteiger partial charge on any atom is 0.253 e. The fourth-order valence-electron chi connectivity index (χ4n) is 11.9. The number of fused-ring (bicyclic) bond motifs is 9. The summed E-state index contributed by atoms with van der Waals surface area (Å²) in [6, 6.07) is 36.6. The third kappa shape index (κ3) is 5.86. The van der Waals surface area contributed by atoms with Crippen molar-refractivity contribution in [2.45, 2.75) is 150 Å². The van der Waals surface area contributed by atoms with Gasteiger partial charge in [-0.25, -0.2) is 0 Å². The molecule has 0 radical (unpaired) electrons. The average molecular weight is 821 g/mol. The number of rotatable bonds is 2. The predicted molar refractivity (Wildman–Crippen MR) is 267 cm³/mol. The number of aryl methyl sites for hydroxylation is 1. The number of anilines is 6. The Morgan fingerprint density at radius 2 is 1.02 bits per heavy atom. The molecule has 0 unspecified atom stereocenters. The summed E-state index contributed by atoms with van der Waals surface area (Å²) in [6.07, 6.45) is 1.17. The maximum absolute atomic E-state index is 2.66.